The maximum Gasteiger partial charge on any atom is 0.317 e. The van der Waals surface area contributed by atoms with E-state index in [2.05, 4.69) is 34.5 Å². The molecular weight excluding hydrogens is 326 g/mol. The molecule has 26 heavy (non-hydrogen) atoms. The van der Waals surface area contributed by atoms with E-state index >= 15 is 0 Å². The lowest BCUT2D eigenvalue weighted by Gasteiger charge is -2.46. The van der Waals surface area contributed by atoms with Crippen LogP contribution >= 0.6 is 0 Å². The summed E-state index contributed by atoms with van der Waals surface area (Å²) < 4.78 is 5.15. The average molecular weight is 351 g/mol. The Balaban J connectivity index is 1.23. The van der Waals surface area contributed by atoms with E-state index in [1.54, 1.807) is 7.11 Å². The molecule has 4 rings (SSSR count). The molecule has 2 aromatic carbocycles. The number of fused-ring (bicyclic) bond motifs is 1. The summed E-state index contributed by atoms with van der Waals surface area (Å²) in [6.45, 7) is 4.26. The Bertz CT molecular complexity index is 769. The second-order valence-corrected chi connectivity index (χ2v) is 7.05. The van der Waals surface area contributed by atoms with Crippen LogP contribution in [0.1, 0.15) is 16.7 Å². The lowest BCUT2D eigenvalue weighted by atomic mass is 9.97. The van der Waals surface area contributed by atoms with Gasteiger partial charge in [-0.15, -0.1) is 0 Å². The van der Waals surface area contributed by atoms with Crippen LogP contribution in [0.15, 0.2) is 48.5 Å². The Hall–Kier alpha value is -2.53. The van der Waals surface area contributed by atoms with Gasteiger partial charge in [-0.3, -0.25) is 4.90 Å². The minimum absolute atomic E-state index is 0.0227. The Kier molecular flexibility index (Phi) is 4.80. The number of hydrogen-bond donors (Lipinski definition) is 1. The predicted molar refractivity (Wildman–Crippen MR) is 101 cm³/mol. The number of likely N-dealkylation sites (tertiary alicyclic amines) is 1. The highest BCUT2D eigenvalue weighted by Gasteiger charge is 2.35. The zero-order valence-corrected chi connectivity index (χ0v) is 15.1. The second-order valence-electron chi connectivity index (χ2n) is 7.05. The van der Waals surface area contributed by atoms with Crippen LogP contribution in [0.2, 0.25) is 0 Å². The first kappa shape index (κ1) is 16.9. The van der Waals surface area contributed by atoms with Gasteiger partial charge in [-0.1, -0.05) is 36.4 Å². The van der Waals surface area contributed by atoms with E-state index in [1.165, 1.54) is 11.1 Å². The van der Waals surface area contributed by atoms with Crippen LogP contribution in [0, 0.1) is 0 Å². The van der Waals surface area contributed by atoms with E-state index in [0.29, 0.717) is 12.6 Å². The lowest BCUT2D eigenvalue weighted by molar-refractivity contribution is 0.0482. The van der Waals surface area contributed by atoms with Crippen molar-refractivity contribution < 1.29 is 9.53 Å². The van der Waals surface area contributed by atoms with Crippen molar-refractivity contribution in [2.45, 2.75) is 25.6 Å². The van der Waals surface area contributed by atoms with Crippen molar-refractivity contribution >= 4 is 6.03 Å². The van der Waals surface area contributed by atoms with Gasteiger partial charge in [-0.25, -0.2) is 4.79 Å². The molecule has 2 aromatic rings. The highest BCUT2D eigenvalue weighted by atomic mass is 16.5. The summed E-state index contributed by atoms with van der Waals surface area (Å²) in [5, 5.41) is 3.01. The number of nitrogens with zero attached hydrogens (tertiary/aromatic N) is 2. The van der Waals surface area contributed by atoms with Crippen molar-refractivity contribution in [3.63, 3.8) is 0 Å². The number of amides is 2. The van der Waals surface area contributed by atoms with Gasteiger partial charge in [0.1, 0.15) is 5.75 Å². The molecule has 0 saturated carbocycles. The largest absolute Gasteiger partial charge is 0.497 e. The Morgan fingerprint density at radius 1 is 1.12 bits per heavy atom. The third-order valence-electron chi connectivity index (χ3n) is 5.43. The van der Waals surface area contributed by atoms with Crippen molar-refractivity contribution in [1.29, 1.82) is 0 Å². The van der Waals surface area contributed by atoms with E-state index in [4.69, 9.17) is 4.74 Å². The molecule has 0 radical (unpaired) electrons. The van der Waals surface area contributed by atoms with Crippen molar-refractivity contribution in [2.24, 2.45) is 0 Å². The molecule has 5 heteroatoms. The molecule has 0 bridgehead atoms. The molecule has 2 aliphatic rings. The summed E-state index contributed by atoms with van der Waals surface area (Å²) in [5.74, 6) is 0.828. The molecule has 0 atom stereocenters. The Morgan fingerprint density at radius 3 is 2.58 bits per heavy atom. The summed E-state index contributed by atoms with van der Waals surface area (Å²) >= 11 is 0. The molecule has 1 fully saturated rings. The van der Waals surface area contributed by atoms with Crippen LogP contribution in [0.5, 0.6) is 5.75 Å². The minimum Gasteiger partial charge on any atom is -0.497 e. The number of methoxy groups -OCH3 is 1. The van der Waals surface area contributed by atoms with Gasteiger partial charge in [0, 0.05) is 38.8 Å². The SMILES string of the molecule is COc1ccc(CNC(=O)N2CC(N3CCc4ccccc4C3)C2)cc1. The fourth-order valence-electron chi connectivity index (χ4n) is 3.71. The second kappa shape index (κ2) is 7.38. The first-order valence-electron chi connectivity index (χ1n) is 9.19. The molecule has 0 spiro atoms. The number of rotatable bonds is 4. The topological polar surface area (TPSA) is 44.8 Å². The smallest absolute Gasteiger partial charge is 0.317 e. The molecule has 136 valence electrons. The van der Waals surface area contributed by atoms with E-state index in [9.17, 15) is 4.79 Å². The molecule has 2 aliphatic heterocycles. The average Bonchev–Trinajstić information content (AvgIpc) is 2.65. The number of hydrogen-bond acceptors (Lipinski definition) is 3. The Morgan fingerprint density at radius 2 is 1.85 bits per heavy atom. The number of benzene rings is 2. The van der Waals surface area contributed by atoms with Gasteiger partial charge >= 0.3 is 6.03 Å². The zero-order valence-electron chi connectivity index (χ0n) is 15.1. The minimum atomic E-state index is 0.0227. The zero-order chi connectivity index (χ0) is 17.9. The number of nitrogens with one attached hydrogen (secondary N) is 1. The molecule has 2 heterocycles. The van der Waals surface area contributed by atoms with E-state index in [0.717, 1.165) is 43.9 Å². The van der Waals surface area contributed by atoms with Crippen LogP contribution < -0.4 is 10.1 Å². The van der Waals surface area contributed by atoms with Gasteiger partial charge in [0.15, 0.2) is 0 Å². The first-order valence-corrected chi connectivity index (χ1v) is 9.19. The number of urea groups is 1. The van der Waals surface area contributed by atoms with Crippen molar-refractivity contribution in [1.82, 2.24) is 15.1 Å². The maximum atomic E-state index is 12.3. The van der Waals surface area contributed by atoms with Gasteiger partial charge in [0.2, 0.25) is 0 Å². The molecule has 0 unspecified atom stereocenters. The molecule has 1 N–H and O–H groups in total. The first-order chi connectivity index (χ1) is 12.7. The molecule has 2 amide bonds. The van der Waals surface area contributed by atoms with E-state index < -0.39 is 0 Å². The monoisotopic (exact) mass is 351 g/mol. The molecule has 0 aromatic heterocycles. The van der Waals surface area contributed by atoms with Gasteiger partial charge in [-0.2, -0.15) is 0 Å². The van der Waals surface area contributed by atoms with Gasteiger partial charge in [-0.05, 0) is 35.2 Å². The summed E-state index contributed by atoms with van der Waals surface area (Å²) in [6, 6.07) is 17.0. The van der Waals surface area contributed by atoms with E-state index in [1.807, 2.05) is 29.2 Å². The summed E-state index contributed by atoms with van der Waals surface area (Å²) in [5.41, 5.74) is 3.97. The van der Waals surface area contributed by atoms with Crippen LogP contribution in [0.25, 0.3) is 0 Å². The van der Waals surface area contributed by atoms with Crippen LogP contribution in [-0.4, -0.2) is 48.6 Å². The van der Waals surface area contributed by atoms with E-state index in [-0.39, 0.29) is 6.03 Å². The van der Waals surface area contributed by atoms with Crippen molar-refractivity contribution in [2.75, 3.05) is 26.7 Å². The highest BCUT2D eigenvalue weighted by Crippen LogP contribution is 2.24. The highest BCUT2D eigenvalue weighted by molar-refractivity contribution is 5.75. The third-order valence-corrected chi connectivity index (χ3v) is 5.43. The normalized spacial score (nSPS) is 17.3. The number of carbonyl (C=O) groups is 1. The van der Waals surface area contributed by atoms with Crippen LogP contribution in [0.3, 0.4) is 0 Å². The van der Waals surface area contributed by atoms with Crippen LogP contribution in [0.4, 0.5) is 4.79 Å². The summed E-state index contributed by atoms with van der Waals surface area (Å²) in [6.07, 6.45) is 1.11. The quantitative estimate of drug-likeness (QED) is 0.921. The molecule has 5 nitrogen and oxygen atoms in total. The molecular formula is C21H25N3O2. The van der Waals surface area contributed by atoms with Crippen LogP contribution in [-0.2, 0) is 19.5 Å². The van der Waals surface area contributed by atoms with Gasteiger partial charge in [0.05, 0.1) is 7.11 Å². The van der Waals surface area contributed by atoms with Crippen molar-refractivity contribution in [3.05, 3.63) is 65.2 Å². The summed E-state index contributed by atoms with van der Waals surface area (Å²) in [7, 11) is 1.65. The lowest BCUT2D eigenvalue weighted by Crippen LogP contribution is -2.63. The third kappa shape index (κ3) is 3.53. The molecule has 0 aliphatic carbocycles. The fraction of sp³-hybridized carbons (Fsp3) is 0.381. The fourth-order valence-corrected chi connectivity index (χ4v) is 3.71. The number of carbonyl (C=O) groups excluding carboxylic acids is 1. The predicted octanol–water partition coefficient (Wildman–Crippen LogP) is 2.65. The molecule has 1 saturated heterocycles. The van der Waals surface area contributed by atoms with Crippen molar-refractivity contribution in [3.8, 4) is 5.75 Å². The standard InChI is InChI=1S/C21H25N3O2/c1-26-20-8-6-16(7-9-20)12-22-21(25)24-14-19(15-24)23-11-10-17-4-2-3-5-18(17)13-23/h2-9,19H,10-15H2,1H3,(H,22,25). The van der Waals surface area contributed by atoms with Gasteiger partial charge in [0.25, 0.3) is 0 Å². The van der Waals surface area contributed by atoms with Gasteiger partial charge < -0.3 is 15.0 Å². The maximum absolute atomic E-state index is 12.3. The summed E-state index contributed by atoms with van der Waals surface area (Å²) in [4.78, 5) is 16.7. The number of ether oxygens (including phenoxy) is 1. The Labute approximate surface area is 154 Å².